The van der Waals surface area contributed by atoms with E-state index in [1.165, 1.54) is 6.92 Å². The van der Waals surface area contributed by atoms with Gasteiger partial charge < -0.3 is 4.74 Å². The summed E-state index contributed by atoms with van der Waals surface area (Å²) in [5.74, 6) is -0.193. The van der Waals surface area contributed by atoms with Gasteiger partial charge in [-0.15, -0.1) is 12.4 Å². The molecule has 0 heterocycles. The van der Waals surface area contributed by atoms with Crippen LogP contribution in [-0.4, -0.2) is 12.6 Å². The predicted molar refractivity (Wildman–Crippen MR) is 34.2 cm³/mol. The van der Waals surface area contributed by atoms with Crippen LogP contribution in [0.25, 0.3) is 0 Å². The topological polar surface area (TPSA) is 26.3 Å². The lowest BCUT2D eigenvalue weighted by molar-refractivity contribution is -0.140. The zero-order valence-corrected chi connectivity index (χ0v) is 5.96. The van der Waals surface area contributed by atoms with Crippen molar-refractivity contribution < 1.29 is 9.53 Å². The molecule has 0 aliphatic carbocycles. The van der Waals surface area contributed by atoms with Gasteiger partial charge in [0.2, 0.25) is 0 Å². The van der Waals surface area contributed by atoms with Crippen molar-refractivity contribution in [2.45, 2.75) is 20.3 Å². The molecule has 2 nitrogen and oxygen atoms in total. The Balaban J connectivity index is 0. The van der Waals surface area contributed by atoms with E-state index in [0.717, 1.165) is 6.42 Å². The Labute approximate surface area is 55.6 Å². The third-order valence-corrected chi connectivity index (χ3v) is 0.509. The number of halogens is 1. The summed E-state index contributed by atoms with van der Waals surface area (Å²) in [6, 6.07) is 0. The molecule has 0 spiro atoms. The summed E-state index contributed by atoms with van der Waals surface area (Å²) < 4.78 is 4.55. The van der Waals surface area contributed by atoms with Crippen LogP contribution in [0.3, 0.4) is 0 Å². The minimum absolute atomic E-state index is 0. The number of hydrogen-bond donors (Lipinski definition) is 0. The lowest BCUT2D eigenvalue weighted by Crippen LogP contribution is -1.98. The third-order valence-electron chi connectivity index (χ3n) is 0.509. The SMILES string of the molecule is CCCOC(C)=O.Cl. The van der Waals surface area contributed by atoms with Gasteiger partial charge in [-0.05, 0) is 6.42 Å². The molecule has 0 saturated carbocycles. The molecule has 0 aromatic heterocycles. The Morgan fingerprint density at radius 2 is 2.12 bits per heavy atom. The van der Waals surface area contributed by atoms with Crippen molar-refractivity contribution in [3.8, 4) is 0 Å². The van der Waals surface area contributed by atoms with Crippen LogP contribution in [0.2, 0.25) is 0 Å². The van der Waals surface area contributed by atoms with Gasteiger partial charge >= 0.3 is 5.97 Å². The molecule has 0 fully saturated rings. The second-order valence-electron chi connectivity index (χ2n) is 1.34. The van der Waals surface area contributed by atoms with Crippen LogP contribution in [0.5, 0.6) is 0 Å². The molecule has 0 unspecified atom stereocenters. The fourth-order valence-corrected chi connectivity index (χ4v) is 0.246. The summed E-state index contributed by atoms with van der Waals surface area (Å²) in [7, 11) is 0. The summed E-state index contributed by atoms with van der Waals surface area (Å²) >= 11 is 0. The number of carbonyl (C=O) groups excluding carboxylic acids is 1. The lowest BCUT2D eigenvalue weighted by Gasteiger charge is -1.93. The first-order valence-corrected chi connectivity index (χ1v) is 2.40. The Bertz CT molecular complexity index is 63.4. The van der Waals surface area contributed by atoms with Crippen molar-refractivity contribution >= 4 is 18.4 Å². The van der Waals surface area contributed by atoms with Gasteiger partial charge in [0, 0.05) is 6.92 Å². The quantitative estimate of drug-likeness (QED) is 0.539. The van der Waals surface area contributed by atoms with Gasteiger partial charge in [0.05, 0.1) is 6.61 Å². The molecule has 0 atom stereocenters. The van der Waals surface area contributed by atoms with E-state index >= 15 is 0 Å². The summed E-state index contributed by atoms with van der Waals surface area (Å²) in [5.41, 5.74) is 0. The molecule has 0 bridgehead atoms. The molecule has 0 aliphatic heterocycles. The van der Waals surface area contributed by atoms with Crippen LogP contribution in [0.1, 0.15) is 20.3 Å². The van der Waals surface area contributed by atoms with Crippen molar-refractivity contribution in [1.82, 2.24) is 0 Å². The number of rotatable bonds is 2. The van der Waals surface area contributed by atoms with E-state index in [1.807, 2.05) is 6.92 Å². The second kappa shape index (κ2) is 6.76. The van der Waals surface area contributed by atoms with Crippen LogP contribution in [-0.2, 0) is 9.53 Å². The minimum Gasteiger partial charge on any atom is -0.466 e. The Hall–Kier alpha value is -0.240. The van der Waals surface area contributed by atoms with E-state index < -0.39 is 0 Å². The average molecular weight is 139 g/mol. The number of carbonyl (C=O) groups is 1. The number of hydrogen-bond acceptors (Lipinski definition) is 2. The largest absolute Gasteiger partial charge is 0.466 e. The van der Waals surface area contributed by atoms with Gasteiger partial charge in [0.1, 0.15) is 0 Å². The number of ether oxygens (including phenoxy) is 1. The smallest absolute Gasteiger partial charge is 0.302 e. The third kappa shape index (κ3) is 9.23. The Morgan fingerprint density at radius 1 is 1.62 bits per heavy atom. The Kier molecular flexibility index (Phi) is 9.03. The molecule has 0 radical (unpaired) electrons. The zero-order chi connectivity index (χ0) is 5.70. The van der Waals surface area contributed by atoms with Crippen LogP contribution < -0.4 is 0 Å². The molecular weight excluding hydrogens is 128 g/mol. The molecular formula is C5H11ClO2. The normalized spacial score (nSPS) is 7.25. The highest BCUT2D eigenvalue weighted by Gasteiger charge is 1.85. The van der Waals surface area contributed by atoms with Crippen LogP contribution in [0, 0.1) is 0 Å². The molecule has 0 aliphatic rings. The molecule has 0 saturated heterocycles. The molecule has 0 aromatic carbocycles. The molecule has 0 amide bonds. The van der Waals surface area contributed by atoms with Gasteiger partial charge in [-0.3, -0.25) is 4.79 Å². The first-order valence-electron chi connectivity index (χ1n) is 2.40. The van der Waals surface area contributed by atoms with Gasteiger partial charge in [0.25, 0.3) is 0 Å². The van der Waals surface area contributed by atoms with E-state index in [2.05, 4.69) is 4.74 Å². The van der Waals surface area contributed by atoms with E-state index in [0.29, 0.717) is 6.61 Å². The van der Waals surface area contributed by atoms with Crippen molar-refractivity contribution in [2.75, 3.05) is 6.61 Å². The van der Waals surface area contributed by atoms with Gasteiger partial charge in [-0.1, -0.05) is 6.92 Å². The van der Waals surface area contributed by atoms with Crippen LogP contribution in [0.4, 0.5) is 0 Å². The van der Waals surface area contributed by atoms with Crippen molar-refractivity contribution in [1.29, 1.82) is 0 Å². The van der Waals surface area contributed by atoms with Crippen LogP contribution in [0.15, 0.2) is 0 Å². The molecule has 0 aromatic rings. The summed E-state index contributed by atoms with van der Waals surface area (Å²) in [4.78, 5) is 9.98. The molecule has 0 N–H and O–H groups in total. The van der Waals surface area contributed by atoms with Crippen molar-refractivity contribution in [3.05, 3.63) is 0 Å². The summed E-state index contributed by atoms with van der Waals surface area (Å²) in [6.45, 7) is 3.92. The fraction of sp³-hybridized carbons (Fsp3) is 0.800. The van der Waals surface area contributed by atoms with Gasteiger partial charge in [0.15, 0.2) is 0 Å². The van der Waals surface area contributed by atoms with Crippen molar-refractivity contribution in [3.63, 3.8) is 0 Å². The van der Waals surface area contributed by atoms with E-state index in [4.69, 9.17) is 0 Å². The summed E-state index contributed by atoms with van der Waals surface area (Å²) in [6.07, 6.45) is 0.902. The maximum absolute atomic E-state index is 9.98. The van der Waals surface area contributed by atoms with E-state index in [9.17, 15) is 4.79 Å². The first-order chi connectivity index (χ1) is 3.27. The van der Waals surface area contributed by atoms with Crippen molar-refractivity contribution in [2.24, 2.45) is 0 Å². The standard InChI is InChI=1S/C5H10O2.ClH/c1-3-4-7-5(2)6;/h3-4H2,1-2H3;1H. The van der Waals surface area contributed by atoms with E-state index in [1.54, 1.807) is 0 Å². The number of esters is 1. The highest BCUT2D eigenvalue weighted by atomic mass is 35.5. The maximum atomic E-state index is 9.98. The van der Waals surface area contributed by atoms with Gasteiger partial charge in [-0.25, -0.2) is 0 Å². The first kappa shape index (κ1) is 10.7. The highest BCUT2D eigenvalue weighted by Crippen LogP contribution is 1.78. The van der Waals surface area contributed by atoms with E-state index in [-0.39, 0.29) is 18.4 Å². The molecule has 8 heavy (non-hydrogen) atoms. The highest BCUT2D eigenvalue weighted by molar-refractivity contribution is 5.85. The monoisotopic (exact) mass is 138 g/mol. The average Bonchev–Trinajstić information content (AvgIpc) is 1.61. The summed E-state index contributed by atoms with van der Waals surface area (Å²) in [5, 5.41) is 0. The predicted octanol–water partition coefficient (Wildman–Crippen LogP) is 1.38. The van der Waals surface area contributed by atoms with Crippen LogP contribution >= 0.6 is 12.4 Å². The maximum Gasteiger partial charge on any atom is 0.302 e. The second-order valence-corrected chi connectivity index (χ2v) is 1.34. The Morgan fingerprint density at radius 3 is 2.25 bits per heavy atom. The minimum atomic E-state index is -0.193. The zero-order valence-electron chi connectivity index (χ0n) is 5.14. The lowest BCUT2D eigenvalue weighted by atomic mass is 10.5. The van der Waals surface area contributed by atoms with Gasteiger partial charge in [-0.2, -0.15) is 0 Å². The molecule has 3 heteroatoms. The molecule has 50 valence electrons. The molecule has 0 rings (SSSR count). The fourth-order valence-electron chi connectivity index (χ4n) is 0.246.